The van der Waals surface area contributed by atoms with E-state index in [4.69, 9.17) is 28.4 Å². The summed E-state index contributed by atoms with van der Waals surface area (Å²) < 4.78 is 37.2. The first-order valence-corrected chi connectivity index (χ1v) is 22.1. The smallest absolute Gasteiger partial charge is 0.260 e. The molecule has 3 aliphatic rings. The largest absolute Gasteiger partial charge is 0.388 e. The maximum Gasteiger partial charge on any atom is 0.260 e. The van der Waals surface area contributed by atoms with Gasteiger partial charge in [-0.25, -0.2) is 0 Å². The number of likely N-dealkylation sites (N-methyl/N-ethyl adjacent to an activating group) is 1. The summed E-state index contributed by atoms with van der Waals surface area (Å²) in [5.41, 5.74) is 0.617. The van der Waals surface area contributed by atoms with Crippen molar-refractivity contribution in [1.82, 2.24) is 34.0 Å². The van der Waals surface area contributed by atoms with Gasteiger partial charge in [-0.2, -0.15) is 0 Å². The van der Waals surface area contributed by atoms with Gasteiger partial charge in [0.25, 0.3) is 17.1 Å². The van der Waals surface area contributed by atoms with Gasteiger partial charge in [0.1, 0.15) is 5.78 Å². The molecule has 74 heavy (non-hydrogen) atoms. The number of allylic oxidation sites excluding steroid dienone is 2. The summed E-state index contributed by atoms with van der Waals surface area (Å²) in [4.78, 5) is 69.8. The SMILES string of the molecule is C.C.CCC(=O)/C=C/c1[c-]nc(=O)n([C@H]2[CH-]C(C)[C@@H](COC)O2)c1.CCC/C=C/c1[c-]nc(=O)n([C@H]2[CH-]C(C)[C@@H](COC)O2)c1.CCNC(=O)/C=C/c1[c-]nc(=O)n([C@H]2[CH-]C(C)[C@@H](COC)O2)c1.[W].[W].[W].[Y].[Y].[Y]. The Morgan fingerprint density at radius 2 is 0.959 bits per heavy atom. The van der Waals surface area contributed by atoms with E-state index in [0.29, 0.717) is 43.9 Å². The standard InChI is InChI=1S/C16H21N3O4.C16H20N2O4.C16H22N2O3.2CH4.3W.3Y/c1-4-17-14(20)6-5-12-8-18-16(21)19(9-12)15-7-11(2)13(23-15)10-22-3;1-4-13(19)6-5-12-8-17-16(20)18(9-12)15-7-11(2)14(22-15)10-21-3;1-4-5-6-7-13-9-17-16(19)18(10-13)15-8-12(2)14(21-15)11-20-3;;;;;;;;/h5-7,9,11,13,15H,4,10H2,1-3H3,(H,17,20);5-7,9,11,14-15H,4,10H2,1-3H3;6-8,10,12,14-15H,4-5,11H2,1-3H3;2*1H4;;;;;;/q3*-2;;;;;;;;/b2*6-5+;7-6+;;;;;;;;/t11?,13-,15-;11?,14-,15-;12?,14-,15-;;;;;;;;/m111......../s1. The summed E-state index contributed by atoms with van der Waals surface area (Å²) in [5, 5.41) is 2.65. The summed E-state index contributed by atoms with van der Waals surface area (Å²) in [6.07, 6.45) is 29.6. The van der Waals surface area contributed by atoms with Crippen LogP contribution in [0.2, 0.25) is 0 Å². The minimum atomic E-state index is -0.503. The number of carbonyl (C=O) groups is 2. The summed E-state index contributed by atoms with van der Waals surface area (Å²) >= 11 is 0. The number of aromatic nitrogens is 6. The predicted octanol–water partition coefficient (Wildman–Crippen LogP) is 5.50. The van der Waals surface area contributed by atoms with Crippen molar-refractivity contribution < 1.29 is 199 Å². The van der Waals surface area contributed by atoms with Crippen LogP contribution in [0.3, 0.4) is 0 Å². The van der Waals surface area contributed by atoms with E-state index >= 15 is 0 Å². The maximum absolute atomic E-state index is 12.0. The number of methoxy groups -OCH3 is 3. The third-order valence-corrected chi connectivity index (χ3v) is 10.6. The van der Waals surface area contributed by atoms with Gasteiger partial charge >= 0.3 is 0 Å². The minimum Gasteiger partial charge on any atom is -0.388 e. The molecule has 3 fully saturated rings. The molecule has 3 aliphatic heterocycles. The van der Waals surface area contributed by atoms with Crippen molar-refractivity contribution in [2.45, 2.75) is 113 Å². The Morgan fingerprint density at radius 3 is 1.27 bits per heavy atom. The fourth-order valence-corrected chi connectivity index (χ4v) is 6.81. The Bertz CT molecular complexity index is 2310. The van der Waals surface area contributed by atoms with Gasteiger partial charge in [-0.1, -0.05) is 80.6 Å². The van der Waals surface area contributed by atoms with E-state index in [1.165, 1.54) is 25.9 Å². The molecule has 0 bridgehead atoms. The molecular formula is C50H71N7O11W3Y3-6. The molecule has 0 aromatic carbocycles. The van der Waals surface area contributed by atoms with E-state index < -0.39 is 30.1 Å². The van der Waals surface area contributed by atoms with Crippen molar-refractivity contribution >= 4 is 29.9 Å². The first kappa shape index (κ1) is 83.0. The number of ether oxygens (including phenoxy) is 6. The second kappa shape index (κ2) is 44.8. The van der Waals surface area contributed by atoms with Crippen LogP contribution in [0.4, 0.5) is 0 Å². The van der Waals surface area contributed by atoms with Crippen LogP contribution in [0.1, 0.15) is 111 Å². The Balaban J connectivity index is -0.000000305. The van der Waals surface area contributed by atoms with Crippen molar-refractivity contribution in [2.24, 2.45) is 17.8 Å². The average Bonchev–Trinajstić information content (AvgIpc) is 3.99. The van der Waals surface area contributed by atoms with Crippen LogP contribution in [0, 0.1) is 55.6 Å². The minimum absolute atomic E-state index is 0. The van der Waals surface area contributed by atoms with Crippen LogP contribution in [-0.2, 0) is 199 Å². The number of unbranched alkanes of at least 4 members (excludes halogenated alkanes) is 1. The number of hydrogen-bond donors (Lipinski definition) is 1. The van der Waals surface area contributed by atoms with Crippen LogP contribution in [0.15, 0.2) is 51.2 Å². The number of carbonyl (C=O) groups excluding carboxylic acids is 2. The van der Waals surface area contributed by atoms with E-state index in [1.807, 2.05) is 46.1 Å². The van der Waals surface area contributed by atoms with E-state index in [9.17, 15) is 24.0 Å². The Morgan fingerprint density at radius 1 is 0.622 bits per heavy atom. The molecule has 405 valence electrons. The molecule has 3 aromatic rings. The summed E-state index contributed by atoms with van der Waals surface area (Å²) in [5.74, 6) is 0.344. The molecule has 3 radical (unpaired) electrons. The normalized spacial score (nSPS) is 22.3. The number of hydrogen-bond acceptors (Lipinski definition) is 14. The number of ketones is 1. The number of nitrogens with zero attached hydrogens (tertiary/aromatic N) is 6. The maximum atomic E-state index is 12.0. The van der Waals surface area contributed by atoms with Gasteiger partial charge < -0.3 is 76.8 Å². The van der Waals surface area contributed by atoms with Crippen molar-refractivity contribution in [1.29, 1.82) is 0 Å². The van der Waals surface area contributed by atoms with Gasteiger partial charge in [-0.05, 0) is 56.7 Å². The van der Waals surface area contributed by atoms with E-state index in [2.05, 4.69) is 58.8 Å². The first-order valence-electron chi connectivity index (χ1n) is 22.1. The molecule has 0 saturated carbocycles. The molecule has 3 saturated heterocycles. The van der Waals surface area contributed by atoms with E-state index in [-0.39, 0.29) is 230 Å². The Hall–Kier alpha value is 0.137. The van der Waals surface area contributed by atoms with Crippen LogP contribution in [0.25, 0.3) is 18.2 Å². The van der Waals surface area contributed by atoms with Gasteiger partial charge in [-0.3, -0.25) is 28.9 Å². The molecule has 3 unspecified atom stereocenters. The summed E-state index contributed by atoms with van der Waals surface area (Å²) in [7, 11) is 4.87. The quantitative estimate of drug-likeness (QED) is 0.124. The van der Waals surface area contributed by atoms with Gasteiger partial charge in [0.2, 0.25) is 5.91 Å². The van der Waals surface area contributed by atoms with Crippen molar-refractivity contribution in [3.8, 4) is 0 Å². The van der Waals surface area contributed by atoms with Gasteiger partial charge in [0.15, 0.2) is 0 Å². The predicted molar refractivity (Wildman–Crippen MR) is 259 cm³/mol. The zero-order chi connectivity index (χ0) is 48.2. The van der Waals surface area contributed by atoms with Crippen molar-refractivity contribution in [2.75, 3.05) is 47.7 Å². The third-order valence-electron chi connectivity index (χ3n) is 10.6. The van der Waals surface area contributed by atoms with Gasteiger partial charge in [0, 0.05) is 196 Å². The molecule has 18 nitrogen and oxygen atoms in total. The molecular weight excluding hydrogens is 1690 g/mol. The zero-order valence-corrected chi connectivity index (χ0v) is 59.5. The second-order valence-corrected chi connectivity index (χ2v) is 15.8. The molecule has 0 spiro atoms. The fraction of sp³-hybridized carbons (Fsp3) is 0.540. The van der Waals surface area contributed by atoms with Crippen LogP contribution in [0.5, 0.6) is 0 Å². The molecule has 9 atom stereocenters. The topological polar surface area (TPSA) is 206 Å². The third kappa shape index (κ3) is 27.1. The van der Waals surface area contributed by atoms with Crippen LogP contribution >= 0.6 is 0 Å². The summed E-state index contributed by atoms with van der Waals surface area (Å²) in [6.45, 7) is 13.8. The summed E-state index contributed by atoms with van der Waals surface area (Å²) in [6, 6.07) is 0. The van der Waals surface area contributed by atoms with Crippen LogP contribution < -0.4 is 22.4 Å². The number of rotatable bonds is 18. The first-order chi connectivity index (χ1) is 31.7. The Kier molecular flexibility index (Phi) is 50.3. The molecule has 6 heterocycles. The van der Waals surface area contributed by atoms with Crippen LogP contribution in [-0.4, -0.2) is 106 Å². The number of nitrogens with one attached hydrogen (secondary N) is 1. The van der Waals surface area contributed by atoms with E-state index in [1.54, 1.807) is 59.0 Å². The molecule has 3 aromatic heterocycles. The fourth-order valence-electron chi connectivity index (χ4n) is 6.81. The van der Waals surface area contributed by atoms with Gasteiger partial charge in [-0.15, -0.1) is 58.7 Å². The monoisotopic (exact) mass is 1760 g/mol. The van der Waals surface area contributed by atoms with Crippen molar-refractivity contribution in [3.63, 3.8) is 0 Å². The number of amides is 1. The van der Waals surface area contributed by atoms with Crippen molar-refractivity contribution in [3.05, 3.63) is 123 Å². The molecule has 1 amide bonds. The van der Waals surface area contributed by atoms with E-state index in [0.717, 1.165) is 18.4 Å². The average molecular weight is 1760 g/mol. The zero-order valence-electron chi connectivity index (χ0n) is 42.2. The van der Waals surface area contributed by atoms with Gasteiger partial charge in [0.05, 0.1) is 38.1 Å². The Labute approximate surface area is 557 Å². The molecule has 0 aliphatic carbocycles. The molecule has 6 rings (SSSR count). The molecule has 24 heteroatoms. The second-order valence-electron chi connectivity index (χ2n) is 15.8. The molecule has 1 N–H and O–H groups in total.